The van der Waals surface area contributed by atoms with Gasteiger partial charge in [0.2, 0.25) is 0 Å². The second kappa shape index (κ2) is 11.1. The van der Waals surface area contributed by atoms with Crippen molar-refractivity contribution in [3.63, 3.8) is 0 Å². The van der Waals surface area contributed by atoms with E-state index < -0.39 is 10.8 Å². The summed E-state index contributed by atoms with van der Waals surface area (Å²) in [7, 11) is 1.43. The average Bonchev–Trinajstić information content (AvgIpc) is 3.61. The molecule has 0 fully saturated rings. The maximum atomic E-state index is 13.1. The molecule has 0 unspecified atom stereocenters. The summed E-state index contributed by atoms with van der Waals surface area (Å²) >= 11 is 0. The van der Waals surface area contributed by atoms with Gasteiger partial charge in [0.05, 0.1) is 29.4 Å². The number of amides is 1. The molecule has 0 aliphatic rings. The summed E-state index contributed by atoms with van der Waals surface area (Å²) in [5, 5.41) is 23.8. The van der Waals surface area contributed by atoms with Gasteiger partial charge in [0.1, 0.15) is 22.5 Å². The molecule has 1 N–H and O–H groups in total. The van der Waals surface area contributed by atoms with Crippen molar-refractivity contribution in [3.05, 3.63) is 87.7 Å². The van der Waals surface area contributed by atoms with E-state index in [-0.39, 0.29) is 22.8 Å². The van der Waals surface area contributed by atoms with Gasteiger partial charge in [0.25, 0.3) is 11.6 Å². The van der Waals surface area contributed by atoms with E-state index in [4.69, 9.17) is 9.15 Å². The summed E-state index contributed by atoms with van der Waals surface area (Å²) in [6, 6.07) is 17.3. The number of nitrogens with one attached hydrogen (secondary N) is 1. The molecule has 0 atom stereocenters. The molecular weight excluding hydrogens is 524 g/mol. The second-order valence-electron chi connectivity index (χ2n) is 9.55. The van der Waals surface area contributed by atoms with Crippen LogP contribution in [-0.2, 0) is 0 Å². The number of ether oxygens (including phenoxy) is 1. The molecule has 0 aliphatic carbocycles. The number of aromatic nitrogens is 3. The number of hydrogen-bond donors (Lipinski definition) is 1. The number of carbonyl (C=O) groups is 1. The van der Waals surface area contributed by atoms with E-state index in [1.165, 1.54) is 31.4 Å². The maximum Gasteiger partial charge on any atom is 0.291 e. The number of rotatable bonds is 9. The summed E-state index contributed by atoms with van der Waals surface area (Å²) in [5.41, 5.74) is 5.78. The van der Waals surface area contributed by atoms with Crippen molar-refractivity contribution in [2.45, 2.75) is 27.7 Å². The molecular formula is C30H30N6O5. The molecule has 0 aliphatic heterocycles. The fourth-order valence-corrected chi connectivity index (χ4v) is 4.75. The van der Waals surface area contributed by atoms with Gasteiger partial charge in [-0.25, -0.2) is 0 Å². The minimum absolute atomic E-state index is 0.0113. The fourth-order valence-electron chi connectivity index (χ4n) is 4.75. The number of fused-ring (bicyclic) bond motifs is 1. The third kappa shape index (κ3) is 5.33. The minimum atomic E-state index is -0.521. The van der Waals surface area contributed by atoms with Crippen LogP contribution in [0.5, 0.6) is 5.75 Å². The van der Waals surface area contributed by atoms with Crippen LogP contribution in [0.25, 0.3) is 28.0 Å². The first-order valence-corrected chi connectivity index (χ1v) is 13.2. The lowest BCUT2D eigenvalue weighted by atomic mass is 10.1. The van der Waals surface area contributed by atoms with Gasteiger partial charge >= 0.3 is 0 Å². The molecule has 5 aromatic rings. The lowest BCUT2D eigenvalue weighted by Gasteiger charge is -2.22. The van der Waals surface area contributed by atoms with Crippen LogP contribution in [0.1, 0.15) is 35.5 Å². The van der Waals surface area contributed by atoms with Crippen LogP contribution in [0.4, 0.5) is 17.1 Å². The zero-order valence-corrected chi connectivity index (χ0v) is 23.5. The van der Waals surface area contributed by atoms with Crippen LogP contribution in [0.3, 0.4) is 0 Å². The summed E-state index contributed by atoms with van der Waals surface area (Å²) in [6.07, 6.45) is 0. The Morgan fingerprint density at radius 1 is 1.00 bits per heavy atom. The van der Waals surface area contributed by atoms with Gasteiger partial charge < -0.3 is 19.4 Å². The van der Waals surface area contributed by atoms with Crippen LogP contribution in [0.15, 0.2) is 65.1 Å². The highest BCUT2D eigenvalue weighted by molar-refractivity contribution is 6.04. The van der Waals surface area contributed by atoms with E-state index in [0.29, 0.717) is 22.5 Å². The van der Waals surface area contributed by atoms with E-state index in [1.54, 1.807) is 16.9 Å². The number of benzene rings is 3. The quantitative estimate of drug-likeness (QED) is 0.166. The van der Waals surface area contributed by atoms with Crippen molar-refractivity contribution < 1.29 is 18.9 Å². The van der Waals surface area contributed by atoms with Gasteiger partial charge in [-0.15, -0.1) is 10.2 Å². The van der Waals surface area contributed by atoms with E-state index in [0.717, 1.165) is 35.6 Å². The number of furan rings is 1. The number of methoxy groups -OCH3 is 1. The molecule has 0 spiro atoms. The predicted molar refractivity (Wildman–Crippen MR) is 157 cm³/mol. The number of hydrogen-bond acceptors (Lipinski definition) is 8. The Balaban J connectivity index is 1.39. The number of nitro groups is 1. The Morgan fingerprint density at radius 3 is 2.39 bits per heavy atom. The van der Waals surface area contributed by atoms with Gasteiger partial charge in [-0.1, -0.05) is 0 Å². The lowest BCUT2D eigenvalue weighted by molar-refractivity contribution is -0.384. The molecule has 2 aromatic heterocycles. The molecule has 5 rings (SSSR count). The standard InChI is InChI=1S/C30H30N6O5/c1-6-34(7-2)20-8-11-26(19(4)14-20)35-32-24-15-18(3)23(17-25(24)33-35)31-30(37)29-13-12-28(41-29)22-10-9-21(40-5)16-27(22)36(38)39/h8-17H,6-7H2,1-5H3,(H,31,37). The molecule has 0 saturated carbocycles. The second-order valence-corrected chi connectivity index (χ2v) is 9.55. The first-order chi connectivity index (χ1) is 19.7. The molecule has 2 heterocycles. The Hall–Kier alpha value is -5.19. The van der Waals surface area contributed by atoms with Crippen molar-refractivity contribution in [3.8, 4) is 22.8 Å². The molecule has 11 nitrogen and oxygen atoms in total. The summed E-state index contributed by atoms with van der Waals surface area (Å²) in [5.74, 6) is 0.0591. The normalized spacial score (nSPS) is 11.0. The zero-order chi connectivity index (χ0) is 29.3. The lowest BCUT2D eigenvalue weighted by Crippen LogP contribution is -2.21. The molecule has 210 valence electrons. The molecule has 3 aromatic carbocycles. The zero-order valence-electron chi connectivity index (χ0n) is 23.5. The SMILES string of the molecule is CCN(CC)c1ccc(-n2nc3cc(C)c(NC(=O)c4ccc(-c5ccc(OC)cc5[N+](=O)[O-])o4)cc3n2)c(C)c1. The Labute approximate surface area is 236 Å². The summed E-state index contributed by atoms with van der Waals surface area (Å²) in [6.45, 7) is 10.0. The van der Waals surface area contributed by atoms with Gasteiger partial charge in [0, 0.05) is 24.5 Å². The van der Waals surface area contributed by atoms with Gasteiger partial charge in [0.15, 0.2) is 5.76 Å². The van der Waals surface area contributed by atoms with Crippen LogP contribution in [0, 0.1) is 24.0 Å². The van der Waals surface area contributed by atoms with Crippen molar-refractivity contribution >= 4 is 34.0 Å². The highest BCUT2D eigenvalue weighted by Crippen LogP contribution is 2.34. The number of nitro benzene ring substituents is 1. The van der Waals surface area contributed by atoms with E-state index in [9.17, 15) is 14.9 Å². The molecule has 1 amide bonds. The average molecular weight is 555 g/mol. The molecule has 41 heavy (non-hydrogen) atoms. The Morgan fingerprint density at radius 2 is 1.73 bits per heavy atom. The largest absolute Gasteiger partial charge is 0.497 e. The fraction of sp³-hybridized carbons (Fsp3) is 0.233. The number of nitrogens with zero attached hydrogens (tertiary/aromatic N) is 5. The van der Waals surface area contributed by atoms with E-state index >= 15 is 0 Å². The first-order valence-electron chi connectivity index (χ1n) is 13.2. The predicted octanol–water partition coefficient (Wildman–Crippen LogP) is 6.31. The van der Waals surface area contributed by atoms with Crippen LogP contribution < -0.4 is 15.0 Å². The number of aryl methyl sites for hydroxylation is 2. The van der Waals surface area contributed by atoms with Crippen LogP contribution >= 0.6 is 0 Å². The molecule has 0 radical (unpaired) electrons. The topological polar surface area (TPSA) is 129 Å². The van der Waals surface area contributed by atoms with Gasteiger partial charge in [-0.3, -0.25) is 14.9 Å². The van der Waals surface area contributed by atoms with Gasteiger partial charge in [-0.05, 0) is 93.4 Å². The van der Waals surface area contributed by atoms with Crippen molar-refractivity contribution in [1.29, 1.82) is 0 Å². The number of carbonyl (C=O) groups excluding carboxylic acids is 1. The highest BCUT2D eigenvalue weighted by Gasteiger charge is 2.22. The minimum Gasteiger partial charge on any atom is -0.497 e. The maximum absolute atomic E-state index is 13.1. The molecule has 0 saturated heterocycles. The third-order valence-corrected chi connectivity index (χ3v) is 7.00. The van der Waals surface area contributed by atoms with Crippen LogP contribution in [0.2, 0.25) is 0 Å². The smallest absolute Gasteiger partial charge is 0.291 e. The monoisotopic (exact) mass is 554 g/mol. The highest BCUT2D eigenvalue weighted by atomic mass is 16.6. The van der Waals surface area contributed by atoms with Gasteiger partial charge in [-0.2, -0.15) is 4.80 Å². The Kier molecular flexibility index (Phi) is 7.43. The Bertz CT molecular complexity index is 1770. The van der Waals surface area contributed by atoms with Crippen molar-refractivity contribution in [2.75, 3.05) is 30.4 Å². The summed E-state index contributed by atoms with van der Waals surface area (Å²) < 4.78 is 10.8. The third-order valence-electron chi connectivity index (χ3n) is 7.00. The van der Waals surface area contributed by atoms with Crippen LogP contribution in [-0.4, -0.2) is 46.0 Å². The first kappa shape index (κ1) is 27.4. The molecule has 0 bridgehead atoms. The van der Waals surface area contributed by atoms with E-state index in [2.05, 4.69) is 46.4 Å². The molecule has 11 heteroatoms. The van der Waals surface area contributed by atoms with E-state index in [1.807, 2.05) is 26.0 Å². The number of anilines is 2. The van der Waals surface area contributed by atoms with Crippen molar-refractivity contribution in [1.82, 2.24) is 15.0 Å². The van der Waals surface area contributed by atoms with Crippen molar-refractivity contribution in [2.24, 2.45) is 0 Å². The summed E-state index contributed by atoms with van der Waals surface area (Å²) in [4.78, 5) is 28.0.